The quantitative estimate of drug-likeness (QED) is 0.411. The SMILES string of the molecule is CCOC(=O)[C@H](C)/C(C)=N\NC(=O)CCC(=O)Nc1cccc(Cl)c1C. The zero-order valence-corrected chi connectivity index (χ0v) is 16.1. The van der Waals surface area contributed by atoms with Crippen LogP contribution in [0.3, 0.4) is 0 Å². The summed E-state index contributed by atoms with van der Waals surface area (Å²) in [5, 5.41) is 7.16. The van der Waals surface area contributed by atoms with Gasteiger partial charge in [-0.1, -0.05) is 17.7 Å². The second-order valence-electron chi connectivity index (χ2n) is 5.72. The molecule has 0 saturated heterocycles. The van der Waals surface area contributed by atoms with Crippen LogP contribution >= 0.6 is 11.6 Å². The maximum Gasteiger partial charge on any atom is 0.314 e. The molecule has 0 unspecified atom stereocenters. The highest BCUT2D eigenvalue weighted by molar-refractivity contribution is 6.31. The Kier molecular flexibility index (Phi) is 8.78. The van der Waals surface area contributed by atoms with Crippen LogP contribution in [-0.2, 0) is 19.1 Å². The third-order valence-corrected chi connectivity index (χ3v) is 4.15. The highest BCUT2D eigenvalue weighted by atomic mass is 35.5. The number of amides is 2. The molecule has 1 aromatic rings. The van der Waals surface area contributed by atoms with Crippen molar-refractivity contribution in [3.63, 3.8) is 0 Å². The van der Waals surface area contributed by atoms with Gasteiger partial charge in [0.25, 0.3) is 0 Å². The minimum atomic E-state index is -0.552. The maximum atomic E-state index is 12.0. The van der Waals surface area contributed by atoms with Crippen molar-refractivity contribution < 1.29 is 19.1 Å². The second-order valence-corrected chi connectivity index (χ2v) is 6.13. The van der Waals surface area contributed by atoms with Gasteiger partial charge in [-0.15, -0.1) is 0 Å². The third kappa shape index (κ3) is 6.84. The van der Waals surface area contributed by atoms with Gasteiger partial charge >= 0.3 is 5.97 Å². The summed E-state index contributed by atoms with van der Waals surface area (Å²) in [6, 6.07) is 5.21. The third-order valence-electron chi connectivity index (χ3n) is 3.74. The molecule has 1 aromatic carbocycles. The number of rotatable bonds is 8. The van der Waals surface area contributed by atoms with E-state index in [0.29, 0.717) is 16.4 Å². The van der Waals surface area contributed by atoms with Crippen LogP contribution in [0.25, 0.3) is 0 Å². The van der Waals surface area contributed by atoms with Crippen molar-refractivity contribution in [3.8, 4) is 0 Å². The topological polar surface area (TPSA) is 96.9 Å². The van der Waals surface area contributed by atoms with Gasteiger partial charge in [-0.05, 0) is 45.4 Å². The van der Waals surface area contributed by atoms with Gasteiger partial charge in [-0.2, -0.15) is 5.10 Å². The molecule has 7 nitrogen and oxygen atoms in total. The minimum absolute atomic E-state index is 0.000214. The number of nitrogens with zero attached hydrogens (tertiary/aromatic N) is 1. The summed E-state index contributed by atoms with van der Waals surface area (Å²) in [7, 11) is 0. The molecule has 0 bridgehead atoms. The zero-order valence-electron chi connectivity index (χ0n) is 15.4. The molecule has 0 aromatic heterocycles. The first kappa shape index (κ1) is 21.6. The van der Waals surface area contributed by atoms with Crippen LogP contribution in [0.1, 0.15) is 39.2 Å². The van der Waals surface area contributed by atoms with Crippen molar-refractivity contribution in [1.29, 1.82) is 0 Å². The molecule has 2 N–H and O–H groups in total. The van der Waals surface area contributed by atoms with Crippen LogP contribution in [0.15, 0.2) is 23.3 Å². The summed E-state index contributed by atoms with van der Waals surface area (Å²) in [4.78, 5) is 35.4. The Bertz CT molecular complexity index is 704. The molecule has 1 atom stereocenters. The average molecular weight is 382 g/mol. The number of esters is 1. The first-order valence-corrected chi connectivity index (χ1v) is 8.68. The Morgan fingerprint density at radius 2 is 1.88 bits per heavy atom. The Morgan fingerprint density at radius 1 is 1.23 bits per heavy atom. The predicted molar refractivity (Wildman–Crippen MR) is 101 cm³/mol. The lowest BCUT2D eigenvalue weighted by Crippen LogP contribution is -2.26. The summed E-state index contributed by atoms with van der Waals surface area (Å²) in [5.74, 6) is -1.67. The number of nitrogens with one attached hydrogen (secondary N) is 2. The van der Waals surface area contributed by atoms with Gasteiger partial charge < -0.3 is 10.1 Å². The average Bonchev–Trinajstić information content (AvgIpc) is 2.61. The molecule has 2 amide bonds. The molecule has 0 spiro atoms. The molecule has 8 heteroatoms. The molecule has 0 heterocycles. The summed E-state index contributed by atoms with van der Waals surface area (Å²) < 4.78 is 4.89. The van der Waals surface area contributed by atoms with Gasteiger partial charge in [0.1, 0.15) is 0 Å². The van der Waals surface area contributed by atoms with Crippen molar-refractivity contribution in [2.75, 3.05) is 11.9 Å². The number of anilines is 1. The lowest BCUT2D eigenvalue weighted by atomic mass is 10.1. The van der Waals surface area contributed by atoms with Gasteiger partial charge in [-0.25, -0.2) is 5.43 Å². The smallest absolute Gasteiger partial charge is 0.314 e. The van der Waals surface area contributed by atoms with Gasteiger partial charge in [0.05, 0.1) is 12.5 Å². The number of benzene rings is 1. The molecule has 26 heavy (non-hydrogen) atoms. The fourth-order valence-corrected chi connectivity index (χ4v) is 2.10. The fraction of sp³-hybridized carbons (Fsp3) is 0.444. The molecule has 0 aliphatic heterocycles. The van der Waals surface area contributed by atoms with E-state index in [1.165, 1.54) is 0 Å². The number of halogens is 1. The van der Waals surface area contributed by atoms with E-state index in [9.17, 15) is 14.4 Å². The van der Waals surface area contributed by atoms with Crippen LogP contribution in [0.2, 0.25) is 5.02 Å². The van der Waals surface area contributed by atoms with Crippen LogP contribution in [0.5, 0.6) is 0 Å². The number of carbonyl (C=O) groups excluding carboxylic acids is 3. The van der Waals surface area contributed by atoms with E-state index in [-0.39, 0.29) is 25.4 Å². The molecule has 0 radical (unpaired) electrons. The predicted octanol–water partition coefficient (Wildman–Crippen LogP) is 3.06. The van der Waals surface area contributed by atoms with Crippen LogP contribution < -0.4 is 10.7 Å². The number of hydrazone groups is 1. The number of hydrogen-bond acceptors (Lipinski definition) is 5. The van der Waals surface area contributed by atoms with Gasteiger partial charge in [0.2, 0.25) is 11.8 Å². The Balaban J connectivity index is 2.46. The van der Waals surface area contributed by atoms with Crippen LogP contribution in [0, 0.1) is 12.8 Å². The number of carbonyl (C=O) groups is 3. The van der Waals surface area contributed by atoms with Gasteiger partial charge in [-0.3, -0.25) is 14.4 Å². The molecule has 0 aliphatic rings. The van der Waals surface area contributed by atoms with E-state index in [4.69, 9.17) is 16.3 Å². The van der Waals surface area contributed by atoms with E-state index >= 15 is 0 Å². The molecule has 0 fully saturated rings. The number of ether oxygens (including phenoxy) is 1. The Hall–Kier alpha value is -2.41. The fourth-order valence-electron chi connectivity index (χ4n) is 1.92. The normalized spacial score (nSPS) is 12.3. The Morgan fingerprint density at radius 3 is 2.54 bits per heavy atom. The minimum Gasteiger partial charge on any atom is -0.465 e. The van der Waals surface area contributed by atoms with E-state index < -0.39 is 17.8 Å². The molecular weight excluding hydrogens is 358 g/mol. The van der Waals surface area contributed by atoms with Crippen molar-refractivity contribution in [2.45, 2.75) is 40.5 Å². The van der Waals surface area contributed by atoms with Crippen LogP contribution in [0.4, 0.5) is 5.69 Å². The lowest BCUT2D eigenvalue weighted by molar-refractivity contribution is -0.145. The summed E-state index contributed by atoms with van der Waals surface area (Å²) in [6.07, 6.45) is -0.0319. The summed E-state index contributed by atoms with van der Waals surface area (Å²) in [5.41, 5.74) is 4.14. The van der Waals surface area contributed by atoms with Crippen molar-refractivity contribution in [3.05, 3.63) is 28.8 Å². The van der Waals surface area contributed by atoms with Crippen LogP contribution in [-0.4, -0.2) is 30.1 Å². The van der Waals surface area contributed by atoms with E-state index in [1.54, 1.807) is 45.9 Å². The first-order chi connectivity index (χ1) is 12.3. The van der Waals surface area contributed by atoms with Crippen molar-refractivity contribution >= 4 is 40.8 Å². The van der Waals surface area contributed by atoms with E-state index in [1.807, 2.05) is 0 Å². The lowest BCUT2D eigenvalue weighted by Gasteiger charge is -2.10. The van der Waals surface area contributed by atoms with E-state index in [2.05, 4.69) is 15.8 Å². The molecular formula is C18H24ClN3O4. The second kappa shape index (κ2) is 10.6. The molecule has 142 valence electrons. The summed E-state index contributed by atoms with van der Waals surface area (Å²) >= 11 is 6.00. The van der Waals surface area contributed by atoms with Crippen molar-refractivity contribution in [1.82, 2.24) is 5.43 Å². The monoisotopic (exact) mass is 381 g/mol. The largest absolute Gasteiger partial charge is 0.465 e. The highest BCUT2D eigenvalue weighted by Gasteiger charge is 2.17. The summed E-state index contributed by atoms with van der Waals surface area (Å²) in [6.45, 7) is 7.06. The first-order valence-electron chi connectivity index (χ1n) is 8.30. The molecule has 0 aliphatic carbocycles. The standard InChI is InChI=1S/C18H24ClN3O4/c1-5-26-18(25)11(2)13(4)21-22-17(24)10-9-16(23)20-15-8-6-7-14(19)12(15)3/h6-8,11H,5,9-10H2,1-4H3,(H,20,23)(H,22,24)/b21-13-/t11-/m1/s1. The maximum absolute atomic E-state index is 12.0. The van der Waals surface area contributed by atoms with E-state index in [0.717, 1.165) is 5.56 Å². The number of hydrogen-bond donors (Lipinski definition) is 2. The van der Waals surface area contributed by atoms with Crippen molar-refractivity contribution in [2.24, 2.45) is 11.0 Å². The Labute approximate surface area is 158 Å². The molecule has 0 saturated carbocycles. The van der Waals surface area contributed by atoms with Gasteiger partial charge in [0.15, 0.2) is 0 Å². The highest BCUT2D eigenvalue weighted by Crippen LogP contribution is 2.23. The molecule has 1 rings (SSSR count). The zero-order chi connectivity index (χ0) is 19.7. The van der Waals surface area contributed by atoms with Gasteiger partial charge in [0, 0.05) is 29.3 Å².